The standard InChI is InChI=1S/C11H12N2O4/c1-7-5-8(6-12-16)3-4-9(7)10(14)13-11(15)17-2/h3-6,16H,1-2H3,(H,13,14,15)/b12-6-. The summed E-state index contributed by atoms with van der Waals surface area (Å²) in [5.41, 5.74) is 1.66. The predicted molar refractivity (Wildman–Crippen MR) is 60.4 cm³/mol. The normalized spacial score (nSPS) is 10.2. The van der Waals surface area contributed by atoms with E-state index >= 15 is 0 Å². The highest BCUT2D eigenvalue weighted by Crippen LogP contribution is 2.10. The lowest BCUT2D eigenvalue weighted by molar-refractivity contribution is 0.0936. The second kappa shape index (κ2) is 5.64. The molecule has 1 aromatic rings. The van der Waals surface area contributed by atoms with Crippen molar-refractivity contribution in [1.29, 1.82) is 0 Å². The van der Waals surface area contributed by atoms with E-state index in [0.29, 0.717) is 16.7 Å². The van der Waals surface area contributed by atoms with Crippen molar-refractivity contribution < 1.29 is 19.5 Å². The molecule has 0 aliphatic carbocycles. The van der Waals surface area contributed by atoms with Gasteiger partial charge in [-0.15, -0.1) is 0 Å². The van der Waals surface area contributed by atoms with Crippen molar-refractivity contribution >= 4 is 18.2 Å². The number of alkyl carbamates (subject to hydrolysis) is 1. The molecule has 0 saturated heterocycles. The molecule has 1 aromatic carbocycles. The molecule has 0 unspecified atom stereocenters. The average Bonchev–Trinajstić information content (AvgIpc) is 2.29. The van der Waals surface area contributed by atoms with E-state index in [1.165, 1.54) is 19.4 Å². The Hall–Kier alpha value is -2.37. The minimum absolute atomic E-state index is 0.352. The van der Waals surface area contributed by atoms with Crippen LogP contribution in [0.2, 0.25) is 0 Å². The first kappa shape index (κ1) is 12.7. The molecule has 0 spiro atoms. The number of benzene rings is 1. The number of hydrogen-bond donors (Lipinski definition) is 2. The number of nitrogens with zero attached hydrogens (tertiary/aromatic N) is 1. The molecule has 0 heterocycles. The minimum Gasteiger partial charge on any atom is -0.453 e. The van der Waals surface area contributed by atoms with Crippen LogP contribution in [0.4, 0.5) is 4.79 Å². The molecule has 2 N–H and O–H groups in total. The molecule has 6 heteroatoms. The predicted octanol–water partition coefficient (Wildman–Crippen LogP) is 1.30. The van der Waals surface area contributed by atoms with Crippen molar-refractivity contribution in [3.63, 3.8) is 0 Å². The Balaban J connectivity index is 2.92. The van der Waals surface area contributed by atoms with Gasteiger partial charge in [0.25, 0.3) is 5.91 Å². The fourth-order valence-corrected chi connectivity index (χ4v) is 1.30. The maximum Gasteiger partial charge on any atom is 0.413 e. The van der Waals surface area contributed by atoms with Crippen molar-refractivity contribution in [2.24, 2.45) is 5.16 Å². The van der Waals surface area contributed by atoms with E-state index in [1.54, 1.807) is 19.1 Å². The summed E-state index contributed by atoms with van der Waals surface area (Å²) < 4.78 is 4.32. The monoisotopic (exact) mass is 236 g/mol. The number of carbonyl (C=O) groups is 2. The first-order valence-electron chi connectivity index (χ1n) is 4.76. The highest BCUT2D eigenvalue weighted by atomic mass is 16.5. The van der Waals surface area contributed by atoms with Gasteiger partial charge < -0.3 is 9.94 Å². The van der Waals surface area contributed by atoms with E-state index in [0.717, 1.165) is 0 Å². The molecule has 0 aliphatic heterocycles. The molecule has 17 heavy (non-hydrogen) atoms. The topological polar surface area (TPSA) is 88.0 Å². The van der Waals surface area contributed by atoms with Crippen LogP contribution in [-0.4, -0.2) is 30.5 Å². The number of nitrogens with one attached hydrogen (secondary N) is 1. The summed E-state index contributed by atoms with van der Waals surface area (Å²) in [7, 11) is 1.18. The van der Waals surface area contributed by atoms with Gasteiger partial charge in [-0.3, -0.25) is 10.1 Å². The summed E-state index contributed by atoms with van der Waals surface area (Å²) in [6.45, 7) is 1.71. The number of ether oxygens (including phenoxy) is 1. The van der Waals surface area contributed by atoms with Crippen LogP contribution in [-0.2, 0) is 4.74 Å². The van der Waals surface area contributed by atoms with Gasteiger partial charge in [0.2, 0.25) is 0 Å². The van der Waals surface area contributed by atoms with Crippen LogP contribution in [0.3, 0.4) is 0 Å². The quantitative estimate of drug-likeness (QED) is 0.460. The van der Waals surface area contributed by atoms with Crippen molar-refractivity contribution in [1.82, 2.24) is 5.32 Å². The summed E-state index contributed by atoms with van der Waals surface area (Å²) in [5.74, 6) is -0.540. The van der Waals surface area contributed by atoms with Crippen LogP contribution >= 0.6 is 0 Å². The average molecular weight is 236 g/mol. The van der Waals surface area contributed by atoms with Crippen LogP contribution < -0.4 is 5.32 Å². The largest absolute Gasteiger partial charge is 0.453 e. The van der Waals surface area contributed by atoms with Crippen LogP contribution in [0.25, 0.3) is 0 Å². The van der Waals surface area contributed by atoms with E-state index in [9.17, 15) is 9.59 Å². The highest BCUT2D eigenvalue weighted by Gasteiger charge is 2.12. The Morgan fingerprint density at radius 3 is 2.71 bits per heavy atom. The van der Waals surface area contributed by atoms with Crippen molar-refractivity contribution in [3.8, 4) is 0 Å². The summed E-state index contributed by atoms with van der Waals surface area (Å²) in [5, 5.41) is 13.3. The zero-order chi connectivity index (χ0) is 12.8. The van der Waals surface area contributed by atoms with Gasteiger partial charge in [0.15, 0.2) is 0 Å². The van der Waals surface area contributed by atoms with Crippen LogP contribution in [0, 0.1) is 6.92 Å². The number of hydrogen-bond acceptors (Lipinski definition) is 5. The number of methoxy groups -OCH3 is 1. The summed E-state index contributed by atoms with van der Waals surface area (Å²) >= 11 is 0. The molecule has 1 rings (SSSR count). The SMILES string of the molecule is COC(=O)NC(=O)c1ccc(/C=N\O)cc1C. The molecule has 0 fully saturated rings. The molecular formula is C11H12N2O4. The van der Waals surface area contributed by atoms with E-state index < -0.39 is 12.0 Å². The Morgan fingerprint density at radius 1 is 1.47 bits per heavy atom. The van der Waals surface area contributed by atoms with Crippen LogP contribution in [0.5, 0.6) is 0 Å². The van der Waals surface area contributed by atoms with Gasteiger partial charge in [0.05, 0.1) is 13.3 Å². The lowest BCUT2D eigenvalue weighted by atomic mass is 10.1. The zero-order valence-corrected chi connectivity index (χ0v) is 9.43. The fourth-order valence-electron chi connectivity index (χ4n) is 1.30. The van der Waals surface area contributed by atoms with Crippen LogP contribution in [0.1, 0.15) is 21.5 Å². The van der Waals surface area contributed by atoms with Crippen LogP contribution in [0.15, 0.2) is 23.4 Å². The Labute approximate surface area is 97.9 Å². The molecule has 0 saturated carbocycles. The highest BCUT2D eigenvalue weighted by molar-refractivity contribution is 6.04. The van der Waals surface area contributed by atoms with E-state index in [2.05, 4.69) is 15.2 Å². The maximum absolute atomic E-state index is 11.6. The molecule has 0 radical (unpaired) electrons. The molecule has 0 aromatic heterocycles. The zero-order valence-electron chi connectivity index (χ0n) is 9.43. The third kappa shape index (κ3) is 3.30. The number of rotatable bonds is 2. The third-order valence-electron chi connectivity index (χ3n) is 2.10. The lowest BCUT2D eigenvalue weighted by Crippen LogP contribution is -2.30. The molecule has 0 aliphatic rings. The van der Waals surface area contributed by atoms with E-state index in [4.69, 9.17) is 5.21 Å². The molecule has 0 atom stereocenters. The van der Waals surface area contributed by atoms with Crippen molar-refractivity contribution in [2.75, 3.05) is 7.11 Å². The number of aryl methyl sites for hydroxylation is 1. The van der Waals surface area contributed by atoms with Gasteiger partial charge in [-0.05, 0) is 30.2 Å². The molecular weight excluding hydrogens is 224 g/mol. The van der Waals surface area contributed by atoms with Crippen molar-refractivity contribution in [2.45, 2.75) is 6.92 Å². The molecule has 2 amide bonds. The van der Waals surface area contributed by atoms with Crippen molar-refractivity contribution in [3.05, 3.63) is 34.9 Å². The second-order valence-electron chi connectivity index (χ2n) is 3.26. The second-order valence-corrected chi connectivity index (χ2v) is 3.26. The van der Waals surface area contributed by atoms with E-state index in [1.807, 2.05) is 0 Å². The van der Waals surface area contributed by atoms with E-state index in [-0.39, 0.29) is 0 Å². The maximum atomic E-state index is 11.6. The van der Waals surface area contributed by atoms with Gasteiger partial charge in [0.1, 0.15) is 0 Å². The fraction of sp³-hybridized carbons (Fsp3) is 0.182. The third-order valence-corrected chi connectivity index (χ3v) is 2.10. The number of carbonyl (C=O) groups excluding carboxylic acids is 2. The number of oxime groups is 1. The molecule has 6 nitrogen and oxygen atoms in total. The van der Waals surface area contributed by atoms with Gasteiger partial charge in [-0.1, -0.05) is 11.2 Å². The van der Waals surface area contributed by atoms with Gasteiger partial charge in [0, 0.05) is 5.56 Å². The first-order chi connectivity index (χ1) is 8.08. The Kier molecular flexibility index (Phi) is 4.21. The minimum atomic E-state index is -0.810. The van der Waals surface area contributed by atoms with Gasteiger partial charge >= 0.3 is 6.09 Å². The van der Waals surface area contributed by atoms with Gasteiger partial charge in [-0.2, -0.15) is 0 Å². The number of imide groups is 1. The summed E-state index contributed by atoms with van der Waals surface area (Å²) in [4.78, 5) is 22.5. The lowest BCUT2D eigenvalue weighted by Gasteiger charge is -2.06. The molecule has 0 bridgehead atoms. The Morgan fingerprint density at radius 2 is 2.18 bits per heavy atom. The summed E-state index contributed by atoms with van der Waals surface area (Å²) in [6, 6.07) is 4.79. The first-order valence-corrected chi connectivity index (χ1v) is 4.76. The smallest absolute Gasteiger partial charge is 0.413 e. The molecule has 90 valence electrons. The van der Waals surface area contributed by atoms with Gasteiger partial charge in [-0.25, -0.2) is 4.79 Å². The Bertz CT molecular complexity index is 469. The number of amides is 2. The summed E-state index contributed by atoms with van der Waals surface area (Å²) in [6.07, 6.45) is 0.435.